The number of rotatable bonds is 2. The van der Waals surface area contributed by atoms with E-state index in [1.165, 1.54) is 12.8 Å². The Labute approximate surface area is 115 Å². The molecule has 108 valence electrons. The molecule has 4 heteroatoms. The molecule has 0 unspecified atom stereocenters. The zero-order valence-corrected chi connectivity index (χ0v) is 11.8. The summed E-state index contributed by atoms with van der Waals surface area (Å²) in [6, 6.07) is 0.351. The minimum atomic E-state index is -0.142. The van der Waals surface area contributed by atoms with E-state index >= 15 is 0 Å². The Hall–Kier alpha value is -0.610. The van der Waals surface area contributed by atoms with Crippen LogP contribution in [-0.2, 0) is 4.79 Å². The second-order valence-corrected chi connectivity index (χ2v) is 6.41. The van der Waals surface area contributed by atoms with Crippen molar-refractivity contribution in [2.24, 2.45) is 5.92 Å². The molecule has 2 aliphatic carbocycles. The predicted molar refractivity (Wildman–Crippen MR) is 73.8 cm³/mol. The molecule has 2 saturated carbocycles. The van der Waals surface area contributed by atoms with Crippen LogP contribution in [0.5, 0.6) is 0 Å². The van der Waals surface area contributed by atoms with Gasteiger partial charge < -0.3 is 10.0 Å². The molecule has 0 aromatic rings. The highest BCUT2D eigenvalue weighted by Crippen LogP contribution is 2.28. The first kappa shape index (κ1) is 13.4. The van der Waals surface area contributed by atoms with Crippen LogP contribution in [0.3, 0.4) is 0 Å². The Bertz CT molecular complexity index is 320. The molecule has 19 heavy (non-hydrogen) atoms. The fraction of sp³-hybridized carbons (Fsp3) is 0.933. The van der Waals surface area contributed by atoms with Gasteiger partial charge in [0.1, 0.15) is 0 Å². The molecule has 1 aliphatic heterocycles. The molecule has 3 fully saturated rings. The summed E-state index contributed by atoms with van der Waals surface area (Å²) in [7, 11) is 0. The minimum Gasteiger partial charge on any atom is -0.391 e. The first-order chi connectivity index (χ1) is 9.25. The molecule has 1 amide bonds. The van der Waals surface area contributed by atoms with E-state index in [4.69, 9.17) is 0 Å². The summed E-state index contributed by atoms with van der Waals surface area (Å²) in [6.45, 7) is 3.61. The van der Waals surface area contributed by atoms with E-state index in [-0.39, 0.29) is 6.10 Å². The monoisotopic (exact) mass is 266 g/mol. The molecule has 2 atom stereocenters. The van der Waals surface area contributed by atoms with Gasteiger partial charge in [0.2, 0.25) is 5.91 Å². The highest BCUT2D eigenvalue weighted by Gasteiger charge is 2.34. The third kappa shape index (κ3) is 2.79. The van der Waals surface area contributed by atoms with E-state index in [9.17, 15) is 9.90 Å². The van der Waals surface area contributed by atoms with Gasteiger partial charge in [-0.2, -0.15) is 0 Å². The van der Waals surface area contributed by atoms with Gasteiger partial charge in [0.25, 0.3) is 0 Å². The van der Waals surface area contributed by atoms with Crippen LogP contribution in [0.15, 0.2) is 0 Å². The molecule has 1 N–H and O–H groups in total. The SMILES string of the molecule is O=C(C1CCCC1)N1CCN([C@H]2CCC[C@H]2O)CC1. The lowest BCUT2D eigenvalue weighted by atomic mass is 10.1. The van der Waals surface area contributed by atoms with Crippen LogP contribution in [0, 0.1) is 5.92 Å². The summed E-state index contributed by atoms with van der Waals surface area (Å²) in [4.78, 5) is 16.8. The second kappa shape index (κ2) is 5.80. The molecule has 0 aromatic heterocycles. The van der Waals surface area contributed by atoms with Crippen molar-refractivity contribution in [3.63, 3.8) is 0 Å². The fourth-order valence-electron chi connectivity index (χ4n) is 4.05. The van der Waals surface area contributed by atoms with Crippen molar-refractivity contribution in [1.29, 1.82) is 0 Å². The van der Waals surface area contributed by atoms with Crippen LogP contribution in [0.2, 0.25) is 0 Å². The van der Waals surface area contributed by atoms with Gasteiger partial charge >= 0.3 is 0 Å². The molecule has 0 radical (unpaired) electrons. The van der Waals surface area contributed by atoms with E-state index in [0.29, 0.717) is 17.9 Å². The number of carbonyl (C=O) groups is 1. The van der Waals surface area contributed by atoms with Crippen molar-refractivity contribution >= 4 is 5.91 Å². The average molecular weight is 266 g/mol. The van der Waals surface area contributed by atoms with Gasteiger partial charge in [0.15, 0.2) is 0 Å². The number of aliphatic hydroxyl groups is 1. The van der Waals surface area contributed by atoms with Crippen molar-refractivity contribution in [2.45, 2.75) is 57.1 Å². The van der Waals surface area contributed by atoms with Gasteiger partial charge in [-0.3, -0.25) is 9.69 Å². The van der Waals surface area contributed by atoms with Gasteiger partial charge in [-0.15, -0.1) is 0 Å². The normalized spacial score (nSPS) is 34.1. The van der Waals surface area contributed by atoms with Gasteiger partial charge in [-0.1, -0.05) is 12.8 Å². The topological polar surface area (TPSA) is 43.8 Å². The quantitative estimate of drug-likeness (QED) is 0.817. The maximum Gasteiger partial charge on any atom is 0.225 e. The summed E-state index contributed by atoms with van der Waals surface area (Å²) < 4.78 is 0. The standard InChI is InChI=1S/C15H26N2O2/c18-14-7-3-6-13(14)16-8-10-17(11-9-16)15(19)12-4-1-2-5-12/h12-14,18H,1-11H2/t13-,14+/m0/s1. The molecule has 0 aromatic carbocycles. The third-order valence-corrected chi connectivity index (χ3v) is 5.24. The van der Waals surface area contributed by atoms with Crippen LogP contribution < -0.4 is 0 Å². The number of carbonyl (C=O) groups excluding carboxylic acids is 1. The van der Waals surface area contributed by atoms with E-state index in [0.717, 1.165) is 58.3 Å². The van der Waals surface area contributed by atoms with E-state index in [2.05, 4.69) is 9.80 Å². The molecular weight excluding hydrogens is 240 g/mol. The lowest BCUT2D eigenvalue weighted by Gasteiger charge is -2.39. The lowest BCUT2D eigenvalue weighted by Crippen LogP contribution is -2.54. The molecule has 0 spiro atoms. The van der Waals surface area contributed by atoms with Crippen LogP contribution in [-0.4, -0.2) is 59.1 Å². The summed E-state index contributed by atoms with van der Waals surface area (Å²) in [5.74, 6) is 0.702. The first-order valence-electron chi connectivity index (χ1n) is 7.96. The highest BCUT2D eigenvalue weighted by atomic mass is 16.3. The Morgan fingerprint density at radius 3 is 2.16 bits per heavy atom. The van der Waals surface area contributed by atoms with Crippen molar-refractivity contribution in [3.05, 3.63) is 0 Å². The van der Waals surface area contributed by atoms with E-state index < -0.39 is 0 Å². The molecule has 4 nitrogen and oxygen atoms in total. The molecule has 1 heterocycles. The van der Waals surface area contributed by atoms with E-state index in [1.807, 2.05) is 0 Å². The van der Waals surface area contributed by atoms with Crippen LogP contribution in [0.25, 0.3) is 0 Å². The molecule has 1 saturated heterocycles. The second-order valence-electron chi connectivity index (χ2n) is 6.41. The van der Waals surface area contributed by atoms with Crippen molar-refractivity contribution < 1.29 is 9.90 Å². The smallest absolute Gasteiger partial charge is 0.225 e. The Balaban J connectivity index is 1.50. The first-order valence-corrected chi connectivity index (χ1v) is 7.96. The van der Waals surface area contributed by atoms with Crippen molar-refractivity contribution in [2.75, 3.05) is 26.2 Å². The van der Waals surface area contributed by atoms with E-state index in [1.54, 1.807) is 0 Å². The number of hydrogen-bond acceptors (Lipinski definition) is 3. The molecule has 3 rings (SSSR count). The van der Waals surface area contributed by atoms with Crippen LogP contribution >= 0.6 is 0 Å². The van der Waals surface area contributed by atoms with Gasteiger partial charge in [0.05, 0.1) is 6.10 Å². The van der Waals surface area contributed by atoms with Crippen molar-refractivity contribution in [1.82, 2.24) is 9.80 Å². The third-order valence-electron chi connectivity index (χ3n) is 5.24. The summed E-state index contributed by atoms with van der Waals surface area (Å²) in [5.41, 5.74) is 0. The Morgan fingerprint density at radius 2 is 1.58 bits per heavy atom. The summed E-state index contributed by atoms with van der Waals surface area (Å²) in [5, 5.41) is 9.97. The van der Waals surface area contributed by atoms with Gasteiger partial charge in [-0.25, -0.2) is 0 Å². The average Bonchev–Trinajstić information content (AvgIpc) is 3.09. The number of nitrogens with zero attached hydrogens (tertiary/aromatic N) is 2. The zero-order valence-electron chi connectivity index (χ0n) is 11.8. The molecule has 3 aliphatic rings. The summed E-state index contributed by atoms with van der Waals surface area (Å²) in [6.07, 6.45) is 7.73. The lowest BCUT2D eigenvalue weighted by molar-refractivity contribution is -0.137. The number of piperazine rings is 1. The number of amides is 1. The van der Waals surface area contributed by atoms with Crippen LogP contribution in [0.4, 0.5) is 0 Å². The van der Waals surface area contributed by atoms with Crippen molar-refractivity contribution in [3.8, 4) is 0 Å². The van der Waals surface area contributed by atoms with Crippen LogP contribution in [0.1, 0.15) is 44.9 Å². The van der Waals surface area contributed by atoms with Gasteiger partial charge in [-0.05, 0) is 32.1 Å². The predicted octanol–water partition coefficient (Wildman–Crippen LogP) is 1.23. The highest BCUT2D eigenvalue weighted by molar-refractivity contribution is 5.79. The molecular formula is C15H26N2O2. The molecule has 0 bridgehead atoms. The minimum absolute atomic E-state index is 0.142. The summed E-state index contributed by atoms with van der Waals surface area (Å²) >= 11 is 0. The maximum absolute atomic E-state index is 12.4. The van der Waals surface area contributed by atoms with Gasteiger partial charge in [0, 0.05) is 38.1 Å². The number of hydrogen-bond donors (Lipinski definition) is 1. The largest absolute Gasteiger partial charge is 0.391 e. The zero-order chi connectivity index (χ0) is 13.2. The Morgan fingerprint density at radius 1 is 0.895 bits per heavy atom. The number of aliphatic hydroxyl groups excluding tert-OH is 1. The Kier molecular flexibility index (Phi) is 4.08. The maximum atomic E-state index is 12.4. The fourth-order valence-corrected chi connectivity index (χ4v) is 4.05.